The molecule has 2 heteroatoms. The highest BCUT2D eigenvalue weighted by molar-refractivity contribution is 4.67. The van der Waals surface area contributed by atoms with E-state index in [0.717, 1.165) is 13.0 Å². The second-order valence-corrected chi connectivity index (χ2v) is 3.61. The van der Waals surface area contributed by atoms with E-state index in [-0.39, 0.29) is 5.60 Å². The number of rotatable bonds is 5. The summed E-state index contributed by atoms with van der Waals surface area (Å²) in [7, 11) is 1.95. The van der Waals surface area contributed by atoms with Crippen LogP contribution >= 0.6 is 0 Å². The molecule has 1 unspecified atom stereocenters. The van der Waals surface area contributed by atoms with Crippen molar-refractivity contribution in [2.45, 2.75) is 45.8 Å². The van der Waals surface area contributed by atoms with Crippen molar-refractivity contribution in [2.24, 2.45) is 0 Å². The molecule has 0 aromatic rings. The number of hydrogen-bond donors (Lipinski definition) is 1. The Balaban J connectivity index is 3.52. The normalized spacial score (nSPS) is 15.0. The third-order valence-corrected chi connectivity index (χ3v) is 2.07. The molecule has 11 heavy (non-hydrogen) atoms. The fourth-order valence-electron chi connectivity index (χ4n) is 0.536. The zero-order valence-corrected chi connectivity index (χ0v) is 8.40. The Hall–Kier alpha value is -0.0800. The molecule has 1 N–H and O–H groups in total. The molecular formula is C9H21NO. The summed E-state index contributed by atoms with van der Waals surface area (Å²) in [6, 6.07) is 0.445. The van der Waals surface area contributed by atoms with Crippen molar-refractivity contribution in [1.29, 1.82) is 0 Å². The van der Waals surface area contributed by atoms with Crippen molar-refractivity contribution < 1.29 is 4.74 Å². The quantitative estimate of drug-likeness (QED) is 0.660. The summed E-state index contributed by atoms with van der Waals surface area (Å²) < 4.78 is 5.67. The van der Waals surface area contributed by atoms with Crippen molar-refractivity contribution in [1.82, 2.24) is 5.32 Å². The molecule has 0 aromatic heterocycles. The predicted molar refractivity (Wildman–Crippen MR) is 48.8 cm³/mol. The number of ether oxygens (including phenoxy) is 1. The van der Waals surface area contributed by atoms with Gasteiger partial charge in [-0.1, -0.05) is 6.92 Å². The molecule has 1 atom stereocenters. The van der Waals surface area contributed by atoms with Crippen LogP contribution in [0.2, 0.25) is 0 Å². The lowest BCUT2D eigenvalue weighted by Gasteiger charge is -2.25. The highest BCUT2D eigenvalue weighted by Crippen LogP contribution is 2.13. The van der Waals surface area contributed by atoms with E-state index in [0.29, 0.717) is 6.04 Å². The molecule has 0 rings (SSSR count). The van der Waals surface area contributed by atoms with Crippen LogP contribution < -0.4 is 5.32 Å². The van der Waals surface area contributed by atoms with Crippen LogP contribution in [0.15, 0.2) is 0 Å². The topological polar surface area (TPSA) is 21.3 Å². The minimum absolute atomic E-state index is 0.0328. The van der Waals surface area contributed by atoms with Gasteiger partial charge in [-0.25, -0.2) is 0 Å². The molecule has 0 aliphatic rings. The average molecular weight is 159 g/mol. The maximum Gasteiger partial charge on any atom is 0.0624 e. The van der Waals surface area contributed by atoms with Crippen molar-refractivity contribution in [2.75, 3.05) is 13.7 Å². The minimum Gasteiger partial charge on any atom is -0.374 e. The van der Waals surface area contributed by atoms with Gasteiger partial charge < -0.3 is 10.1 Å². The SMILES string of the molecule is CCC(C)(C)OCC(C)NC. The Morgan fingerprint density at radius 2 is 2.00 bits per heavy atom. The standard InChI is InChI=1S/C9H21NO/c1-6-9(3,4)11-7-8(2)10-5/h8,10H,6-7H2,1-5H3. The lowest BCUT2D eigenvalue weighted by Crippen LogP contribution is -2.33. The van der Waals surface area contributed by atoms with Crippen LogP contribution in [0, 0.1) is 0 Å². The first-order chi connectivity index (χ1) is 5.02. The molecule has 0 aliphatic heterocycles. The fourth-order valence-corrected chi connectivity index (χ4v) is 0.536. The van der Waals surface area contributed by atoms with Gasteiger partial charge in [0.15, 0.2) is 0 Å². The summed E-state index contributed by atoms with van der Waals surface area (Å²) in [6.07, 6.45) is 1.06. The zero-order chi connectivity index (χ0) is 8.91. The van der Waals surface area contributed by atoms with Gasteiger partial charge in [-0.05, 0) is 34.2 Å². The molecule has 0 aliphatic carbocycles. The monoisotopic (exact) mass is 159 g/mol. The van der Waals surface area contributed by atoms with E-state index in [4.69, 9.17) is 4.74 Å². The van der Waals surface area contributed by atoms with Gasteiger partial charge in [-0.3, -0.25) is 0 Å². The van der Waals surface area contributed by atoms with E-state index >= 15 is 0 Å². The average Bonchev–Trinajstić information content (AvgIpc) is 2.00. The maximum absolute atomic E-state index is 5.67. The minimum atomic E-state index is 0.0328. The second-order valence-electron chi connectivity index (χ2n) is 3.61. The van der Waals surface area contributed by atoms with E-state index < -0.39 is 0 Å². The van der Waals surface area contributed by atoms with Crippen LogP contribution in [-0.2, 0) is 4.74 Å². The van der Waals surface area contributed by atoms with Gasteiger partial charge >= 0.3 is 0 Å². The lowest BCUT2D eigenvalue weighted by molar-refractivity contribution is -0.0276. The number of hydrogen-bond acceptors (Lipinski definition) is 2. The largest absolute Gasteiger partial charge is 0.374 e. The third kappa shape index (κ3) is 5.22. The molecule has 0 bridgehead atoms. The molecule has 0 aromatic carbocycles. The second kappa shape index (κ2) is 4.73. The number of likely N-dealkylation sites (N-methyl/N-ethyl adjacent to an activating group) is 1. The van der Waals surface area contributed by atoms with Crippen molar-refractivity contribution in [3.63, 3.8) is 0 Å². The van der Waals surface area contributed by atoms with Gasteiger partial charge in [-0.15, -0.1) is 0 Å². The summed E-state index contributed by atoms with van der Waals surface area (Å²) in [6.45, 7) is 9.29. The molecule has 0 saturated heterocycles. The Bertz CT molecular complexity index is 102. The first-order valence-corrected chi connectivity index (χ1v) is 4.33. The van der Waals surface area contributed by atoms with Crippen LogP contribution in [-0.4, -0.2) is 25.3 Å². The van der Waals surface area contributed by atoms with E-state index in [1.165, 1.54) is 0 Å². The van der Waals surface area contributed by atoms with Gasteiger partial charge in [0, 0.05) is 6.04 Å². The van der Waals surface area contributed by atoms with Gasteiger partial charge in [0.25, 0.3) is 0 Å². The van der Waals surface area contributed by atoms with Crippen LogP contribution in [0.5, 0.6) is 0 Å². The van der Waals surface area contributed by atoms with Crippen LogP contribution in [0.4, 0.5) is 0 Å². The molecular weight excluding hydrogens is 138 g/mol. The summed E-state index contributed by atoms with van der Waals surface area (Å²) >= 11 is 0. The van der Waals surface area contributed by atoms with Crippen molar-refractivity contribution in [3.8, 4) is 0 Å². The Labute approximate surface area is 70.3 Å². The van der Waals surface area contributed by atoms with Gasteiger partial charge in [-0.2, -0.15) is 0 Å². The van der Waals surface area contributed by atoms with Crippen molar-refractivity contribution >= 4 is 0 Å². The Kier molecular flexibility index (Phi) is 4.69. The first kappa shape index (κ1) is 10.9. The van der Waals surface area contributed by atoms with Crippen LogP contribution in [0.25, 0.3) is 0 Å². The summed E-state index contributed by atoms with van der Waals surface area (Å²) in [5.74, 6) is 0. The molecule has 0 spiro atoms. The molecule has 0 heterocycles. The Morgan fingerprint density at radius 3 is 2.36 bits per heavy atom. The highest BCUT2D eigenvalue weighted by Gasteiger charge is 2.15. The summed E-state index contributed by atoms with van der Waals surface area (Å²) in [4.78, 5) is 0. The van der Waals surface area contributed by atoms with E-state index in [2.05, 4.69) is 33.0 Å². The van der Waals surface area contributed by atoms with Gasteiger partial charge in [0.2, 0.25) is 0 Å². The van der Waals surface area contributed by atoms with Crippen LogP contribution in [0.1, 0.15) is 34.1 Å². The van der Waals surface area contributed by atoms with Crippen molar-refractivity contribution in [3.05, 3.63) is 0 Å². The highest BCUT2D eigenvalue weighted by atomic mass is 16.5. The van der Waals surface area contributed by atoms with Gasteiger partial charge in [0.1, 0.15) is 0 Å². The summed E-state index contributed by atoms with van der Waals surface area (Å²) in [5.41, 5.74) is 0.0328. The maximum atomic E-state index is 5.67. The molecule has 68 valence electrons. The summed E-state index contributed by atoms with van der Waals surface area (Å²) in [5, 5.41) is 3.14. The third-order valence-electron chi connectivity index (χ3n) is 2.07. The van der Waals surface area contributed by atoms with E-state index in [1.807, 2.05) is 7.05 Å². The molecule has 0 radical (unpaired) electrons. The molecule has 2 nitrogen and oxygen atoms in total. The number of nitrogens with one attached hydrogen (secondary N) is 1. The smallest absolute Gasteiger partial charge is 0.0624 e. The van der Waals surface area contributed by atoms with Crippen LogP contribution in [0.3, 0.4) is 0 Å². The Morgan fingerprint density at radius 1 is 1.45 bits per heavy atom. The lowest BCUT2D eigenvalue weighted by atomic mass is 10.1. The van der Waals surface area contributed by atoms with Gasteiger partial charge in [0.05, 0.1) is 12.2 Å². The zero-order valence-electron chi connectivity index (χ0n) is 8.40. The molecule has 0 saturated carbocycles. The first-order valence-electron chi connectivity index (χ1n) is 4.33. The van der Waals surface area contributed by atoms with E-state index in [1.54, 1.807) is 0 Å². The predicted octanol–water partition coefficient (Wildman–Crippen LogP) is 1.80. The molecule has 0 fully saturated rings. The fraction of sp³-hybridized carbons (Fsp3) is 1.00. The van der Waals surface area contributed by atoms with E-state index in [9.17, 15) is 0 Å². The molecule has 0 amide bonds.